The van der Waals surface area contributed by atoms with E-state index in [9.17, 15) is 0 Å². The molecule has 3 nitrogen and oxygen atoms in total. The number of alkyl halides is 1. The van der Waals surface area contributed by atoms with E-state index < -0.39 is 0 Å². The highest BCUT2D eigenvalue weighted by molar-refractivity contribution is 9.08. The van der Waals surface area contributed by atoms with Crippen LogP contribution in [0.5, 0.6) is 0 Å². The number of nitrogens with zero attached hydrogens (tertiary/aromatic N) is 3. The summed E-state index contributed by atoms with van der Waals surface area (Å²) in [5.41, 5.74) is 1.07. The highest BCUT2D eigenvalue weighted by atomic mass is 79.9. The molecule has 2 aromatic rings. The lowest BCUT2D eigenvalue weighted by Gasteiger charge is -2.24. The van der Waals surface area contributed by atoms with Gasteiger partial charge in [0.05, 0.1) is 5.33 Å². The standard InChI is InChI=1S/C13H16BrN3/c1-13(2,3)17-11(9-14)15-16-12(17)10-7-5-4-6-8-10/h4-8H,9H2,1-3H3. The molecule has 1 aromatic carbocycles. The molecule has 0 amide bonds. The Balaban J connectivity index is 2.60. The largest absolute Gasteiger partial charge is 0.305 e. The van der Waals surface area contributed by atoms with Crippen LogP contribution in [-0.2, 0) is 10.9 Å². The Morgan fingerprint density at radius 3 is 2.29 bits per heavy atom. The number of hydrogen-bond donors (Lipinski definition) is 0. The zero-order valence-electron chi connectivity index (χ0n) is 10.3. The molecule has 4 heteroatoms. The van der Waals surface area contributed by atoms with Gasteiger partial charge in [0.25, 0.3) is 0 Å². The van der Waals surface area contributed by atoms with Crippen LogP contribution in [0.25, 0.3) is 11.4 Å². The smallest absolute Gasteiger partial charge is 0.164 e. The Morgan fingerprint density at radius 1 is 1.12 bits per heavy atom. The van der Waals surface area contributed by atoms with Gasteiger partial charge < -0.3 is 4.57 Å². The van der Waals surface area contributed by atoms with Crippen LogP contribution in [0.2, 0.25) is 0 Å². The third-order valence-electron chi connectivity index (χ3n) is 2.55. The van der Waals surface area contributed by atoms with Crippen molar-refractivity contribution < 1.29 is 0 Å². The summed E-state index contributed by atoms with van der Waals surface area (Å²) in [6.45, 7) is 6.48. The molecule has 0 atom stereocenters. The van der Waals surface area contributed by atoms with Crippen LogP contribution in [-0.4, -0.2) is 14.8 Å². The molecule has 0 spiro atoms. The third kappa shape index (κ3) is 2.41. The van der Waals surface area contributed by atoms with Crippen molar-refractivity contribution in [3.8, 4) is 11.4 Å². The van der Waals surface area contributed by atoms with Crippen molar-refractivity contribution in [1.82, 2.24) is 14.8 Å². The zero-order valence-corrected chi connectivity index (χ0v) is 11.9. The molecule has 2 rings (SSSR count). The first-order valence-corrected chi connectivity index (χ1v) is 6.72. The highest BCUT2D eigenvalue weighted by Gasteiger charge is 2.22. The molecule has 90 valence electrons. The van der Waals surface area contributed by atoms with Gasteiger partial charge >= 0.3 is 0 Å². The predicted octanol–water partition coefficient (Wildman–Crippen LogP) is 3.60. The van der Waals surface area contributed by atoms with Crippen LogP contribution in [0.15, 0.2) is 30.3 Å². The molecule has 0 aliphatic heterocycles. The predicted molar refractivity (Wildman–Crippen MR) is 73.1 cm³/mol. The molecule has 1 heterocycles. The SMILES string of the molecule is CC(C)(C)n1c(CBr)nnc1-c1ccccc1. The van der Waals surface area contributed by atoms with Gasteiger partial charge in [-0.05, 0) is 20.8 Å². The van der Waals surface area contributed by atoms with E-state index in [-0.39, 0.29) is 5.54 Å². The quantitative estimate of drug-likeness (QED) is 0.792. The zero-order chi connectivity index (χ0) is 12.5. The van der Waals surface area contributed by atoms with Crippen LogP contribution in [0.1, 0.15) is 26.6 Å². The molecule has 0 aliphatic rings. The van der Waals surface area contributed by atoms with Crippen LogP contribution in [0, 0.1) is 0 Å². The third-order valence-corrected chi connectivity index (χ3v) is 3.05. The molecule has 0 aliphatic carbocycles. The van der Waals surface area contributed by atoms with Crippen molar-refractivity contribution in [3.63, 3.8) is 0 Å². The van der Waals surface area contributed by atoms with Gasteiger partial charge in [0.1, 0.15) is 5.82 Å². The second-order valence-corrected chi connectivity index (χ2v) is 5.51. The van der Waals surface area contributed by atoms with E-state index in [0.717, 1.165) is 17.2 Å². The Bertz CT molecular complexity index is 497. The van der Waals surface area contributed by atoms with Gasteiger partial charge in [-0.2, -0.15) is 0 Å². The van der Waals surface area contributed by atoms with Gasteiger partial charge in [0.2, 0.25) is 0 Å². The monoisotopic (exact) mass is 293 g/mol. The van der Waals surface area contributed by atoms with Crippen molar-refractivity contribution in [2.24, 2.45) is 0 Å². The number of benzene rings is 1. The Kier molecular flexibility index (Phi) is 3.33. The van der Waals surface area contributed by atoms with Gasteiger partial charge in [0.15, 0.2) is 5.82 Å². The maximum atomic E-state index is 4.31. The van der Waals surface area contributed by atoms with Gasteiger partial charge in [0, 0.05) is 11.1 Å². The molecule has 0 unspecified atom stereocenters. The van der Waals surface area contributed by atoms with Gasteiger partial charge in [-0.1, -0.05) is 46.3 Å². The van der Waals surface area contributed by atoms with E-state index in [1.54, 1.807) is 0 Å². The Hall–Kier alpha value is -1.16. The molecule has 17 heavy (non-hydrogen) atoms. The lowest BCUT2D eigenvalue weighted by Crippen LogP contribution is -2.24. The van der Waals surface area contributed by atoms with E-state index in [4.69, 9.17) is 0 Å². The van der Waals surface area contributed by atoms with Gasteiger partial charge in [-0.3, -0.25) is 0 Å². The van der Waals surface area contributed by atoms with Gasteiger partial charge in [-0.25, -0.2) is 0 Å². The van der Waals surface area contributed by atoms with Crippen molar-refractivity contribution >= 4 is 15.9 Å². The maximum absolute atomic E-state index is 4.31. The Labute approximate surface area is 110 Å². The average Bonchev–Trinajstić information content (AvgIpc) is 2.73. The van der Waals surface area contributed by atoms with E-state index in [0.29, 0.717) is 5.33 Å². The molecule has 0 fully saturated rings. The van der Waals surface area contributed by atoms with E-state index in [2.05, 4.69) is 63.6 Å². The second kappa shape index (κ2) is 4.61. The first-order chi connectivity index (χ1) is 8.04. The van der Waals surface area contributed by atoms with Crippen LogP contribution >= 0.6 is 15.9 Å². The summed E-state index contributed by atoms with van der Waals surface area (Å²) in [6.07, 6.45) is 0. The number of halogens is 1. The van der Waals surface area contributed by atoms with E-state index in [1.807, 2.05) is 18.2 Å². The number of aromatic nitrogens is 3. The first kappa shape index (κ1) is 12.3. The maximum Gasteiger partial charge on any atom is 0.164 e. The summed E-state index contributed by atoms with van der Waals surface area (Å²) in [7, 11) is 0. The van der Waals surface area contributed by atoms with Crippen molar-refractivity contribution in [2.75, 3.05) is 0 Å². The van der Waals surface area contributed by atoms with E-state index in [1.165, 1.54) is 0 Å². The minimum Gasteiger partial charge on any atom is -0.305 e. The second-order valence-electron chi connectivity index (χ2n) is 4.95. The molecule has 0 radical (unpaired) electrons. The lowest BCUT2D eigenvalue weighted by atomic mass is 10.1. The van der Waals surface area contributed by atoms with Crippen LogP contribution in [0.3, 0.4) is 0 Å². The molecule has 0 saturated heterocycles. The van der Waals surface area contributed by atoms with Crippen LogP contribution in [0.4, 0.5) is 0 Å². The van der Waals surface area contributed by atoms with Crippen molar-refractivity contribution in [2.45, 2.75) is 31.6 Å². The van der Waals surface area contributed by atoms with Crippen molar-refractivity contribution in [1.29, 1.82) is 0 Å². The fourth-order valence-electron chi connectivity index (χ4n) is 1.88. The molecular weight excluding hydrogens is 278 g/mol. The normalized spacial score (nSPS) is 11.8. The minimum atomic E-state index is -0.0300. The molecular formula is C13H16BrN3. The molecule has 0 saturated carbocycles. The summed E-state index contributed by atoms with van der Waals surface area (Å²) >= 11 is 3.46. The Morgan fingerprint density at radius 2 is 1.76 bits per heavy atom. The molecule has 0 N–H and O–H groups in total. The number of hydrogen-bond acceptors (Lipinski definition) is 2. The summed E-state index contributed by atoms with van der Waals surface area (Å²) < 4.78 is 2.18. The number of rotatable bonds is 2. The van der Waals surface area contributed by atoms with Gasteiger partial charge in [-0.15, -0.1) is 10.2 Å². The molecule has 1 aromatic heterocycles. The lowest BCUT2D eigenvalue weighted by molar-refractivity contribution is 0.391. The summed E-state index contributed by atoms with van der Waals surface area (Å²) in [5, 5.41) is 9.26. The molecule has 0 bridgehead atoms. The highest BCUT2D eigenvalue weighted by Crippen LogP contribution is 2.26. The first-order valence-electron chi connectivity index (χ1n) is 5.60. The fourth-order valence-corrected chi connectivity index (χ4v) is 2.25. The van der Waals surface area contributed by atoms with Crippen molar-refractivity contribution in [3.05, 3.63) is 36.2 Å². The minimum absolute atomic E-state index is 0.0300. The van der Waals surface area contributed by atoms with E-state index >= 15 is 0 Å². The summed E-state index contributed by atoms with van der Waals surface area (Å²) in [5.74, 6) is 1.88. The summed E-state index contributed by atoms with van der Waals surface area (Å²) in [4.78, 5) is 0. The van der Waals surface area contributed by atoms with Crippen LogP contribution < -0.4 is 0 Å². The summed E-state index contributed by atoms with van der Waals surface area (Å²) in [6, 6.07) is 10.2. The topological polar surface area (TPSA) is 30.7 Å². The fraction of sp³-hybridized carbons (Fsp3) is 0.385. The average molecular weight is 294 g/mol.